The maximum absolute atomic E-state index is 4.46. The molecule has 2 aromatic heterocycles. The molecule has 0 amide bonds. The molecule has 0 aromatic carbocycles. The average molecular weight is 429 g/mol. The van der Waals surface area contributed by atoms with Crippen LogP contribution in [0.25, 0.3) is 0 Å². The molecule has 2 N–H and O–H groups in total. The lowest BCUT2D eigenvalue weighted by atomic mass is 10.3. The van der Waals surface area contributed by atoms with E-state index >= 15 is 0 Å². The molecule has 23 heavy (non-hydrogen) atoms. The summed E-state index contributed by atoms with van der Waals surface area (Å²) in [7, 11) is 1.76. The monoisotopic (exact) mass is 429 g/mol. The normalized spacial score (nSPS) is 11.0. The van der Waals surface area contributed by atoms with Crippen molar-refractivity contribution in [2.24, 2.45) is 4.99 Å². The SMILES string of the molecule is CCc1nncn1CCNC(=NC)NCc1cccc(C)n1.I. The van der Waals surface area contributed by atoms with E-state index in [1.165, 1.54) is 0 Å². The fourth-order valence-electron chi connectivity index (χ4n) is 2.13. The first-order valence-electron chi connectivity index (χ1n) is 7.46. The van der Waals surface area contributed by atoms with Crippen molar-refractivity contribution in [3.63, 3.8) is 0 Å². The van der Waals surface area contributed by atoms with Crippen LogP contribution in [0.4, 0.5) is 0 Å². The van der Waals surface area contributed by atoms with Crippen molar-refractivity contribution in [3.8, 4) is 0 Å². The van der Waals surface area contributed by atoms with Crippen LogP contribution in [-0.2, 0) is 19.5 Å². The number of rotatable bonds is 6. The topological polar surface area (TPSA) is 80.0 Å². The minimum atomic E-state index is 0. The van der Waals surface area contributed by atoms with E-state index in [0.717, 1.165) is 42.7 Å². The fourth-order valence-corrected chi connectivity index (χ4v) is 2.13. The second-order valence-electron chi connectivity index (χ2n) is 4.92. The summed E-state index contributed by atoms with van der Waals surface area (Å²) in [6, 6.07) is 5.99. The third-order valence-electron chi connectivity index (χ3n) is 3.26. The molecule has 2 heterocycles. The average Bonchev–Trinajstić information content (AvgIpc) is 2.98. The van der Waals surface area contributed by atoms with Gasteiger partial charge in [0.05, 0.1) is 12.2 Å². The second-order valence-corrected chi connectivity index (χ2v) is 4.92. The Morgan fingerprint density at radius 1 is 1.30 bits per heavy atom. The van der Waals surface area contributed by atoms with E-state index in [2.05, 4.69) is 37.7 Å². The number of aliphatic imine (C=N–C) groups is 1. The Bertz CT molecular complexity index is 624. The Morgan fingerprint density at radius 2 is 2.13 bits per heavy atom. The molecule has 126 valence electrons. The summed E-state index contributed by atoms with van der Waals surface area (Å²) in [6.07, 6.45) is 2.64. The lowest BCUT2D eigenvalue weighted by Crippen LogP contribution is -2.38. The Morgan fingerprint density at radius 3 is 2.83 bits per heavy atom. The molecule has 0 fully saturated rings. The molecule has 0 saturated heterocycles. The molecule has 0 aliphatic heterocycles. The minimum Gasteiger partial charge on any atom is -0.355 e. The van der Waals surface area contributed by atoms with Gasteiger partial charge in [-0.05, 0) is 19.1 Å². The summed E-state index contributed by atoms with van der Waals surface area (Å²) in [4.78, 5) is 8.67. The Hall–Kier alpha value is -1.71. The first-order valence-corrected chi connectivity index (χ1v) is 7.46. The number of hydrogen-bond donors (Lipinski definition) is 2. The van der Waals surface area contributed by atoms with Crippen molar-refractivity contribution in [3.05, 3.63) is 41.7 Å². The Kier molecular flexibility index (Phi) is 8.52. The zero-order valence-corrected chi connectivity index (χ0v) is 16.1. The van der Waals surface area contributed by atoms with Gasteiger partial charge >= 0.3 is 0 Å². The molecular formula is C15H24IN7. The van der Waals surface area contributed by atoms with Gasteiger partial charge in [-0.15, -0.1) is 34.2 Å². The standard InChI is InChI=1S/C15H23N7.HI/c1-4-14-21-19-11-22(14)9-8-17-15(16-3)18-10-13-7-5-6-12(2)20-13;/h5-7,11H,4,8-10H2,1-3H3,(H2,16,17,18);1H. The number of nitrogens with zero attached hydrogens (tertiary/aromatic N) is 5. The fraction of sp³-hybridized carbons (Fsp3) is 0.467. The van der Waals surface area contributed by atoms with Crippen LogP contribution in [0.1, 0.15) is 24.1 Å². The van der Waals surface area contributed by atoms with Crippen molar-refractivity contribution < 1.29 is 0 Å². The molecule has 0 atom stereocenters. The van der Waals surface area contributed by atoms with Crippen molar-refractivity contribution in [2.75, 3.05) is 13.6 Å². The van der Waals surface area contributed by atoms with Crippen molar-refractivity contribution >= 4 is 29.9 Å². The molecule has 0 spiro atoms. The van der Waals surface area contributed by atoms with Crippen LogP contribution < -0.4 is 10.6 Å². The third kappa shape index (κ3) is 6.12. The minimum absolute atomic E-state index is 0. The van der Waals surface area contributed by atoms with Gasteiger partial charge in [0, 0.05) is 32.3 Å². The number of halogens is 1. The molecule has 2 aromatic rings. The molecule has 8 heteroatoms. The van der Waals surface area contributed by atoms with Gasteiger partial charge in [0.15, 0.2) is 5.96 Å². The number of aryl methyl sites for hydroxylation is 2. The zero-order valence-electron chi connectivity index (χ0n) is 13.8. The van der Waals surface area contributed by atoms with Crippen molar-refractivity contribution in [1.29, 1.82) is 0 Å². The first-order chi connectivity index (χ1) is 10.7. The number of nitrogens with one attached hydrogen (secondary N) is 2. The summed E-state index contributed by atoms with van der Waals surface area (Å²) in [5.74, 6) is 1.75. The summed E-state index contributed by atoms with van der Waals surface area (Å²) in [5, 5.41) is 14.5. The van der Waals surface area contributed by atoms with Crippen LogP contribution >= 0.6 is 24.0 Å². The van der Waals surface area contributed by atoms with Gasteiger partial charge in [0.2, 0.25) is 0 Å². The van der Waals surface area contributed by atoms with Crippen LogP contribution in [0.15, 0.2) is 29.5 Å². The largest absolute Gasteiger partial charge is 0.355 e. The summed E-state index contributed by atoms with van der Waals surface area (Å²) >= 11 is 0. The molecular weight excluding hydrogens is 405 g/mol. The number of guanidine groups is 1. The molecule has 7 nitrogen and oxygen atoms in total. The second kappa shape index (κ2) is 10.1. The van der Waals surface area contributed by atoms with Crippen LogP contribution in [0.2, 0.25) is 0 Å². The van der Waals surface area contributed by atoms with Gasteiger partial charge in [-0.2, -0.15) is 0 Å². The van der Waals surface area contributed by atoms with E-state index in [4.69, 9.17) is 0 Å². The van der Waals surface area contributed by atoms with Gasteiger partial charge in [-0.25, -0.2) is 0 Å². The van der Waals surface area contributed by atoms with E-state index in [9.17, 15) is 0 Å². The quantitative estimate of drug-likeness (QED) is 0.414. The van der Waals surface area contributed by atoms with Gasteiger partial charge < -0.3 is 15.2 Å². The van der Waals surface area contributed by atoms with Crippen molar-refractivity contribution in [1.82, 2.24) is 30.4 Å². The maximum atomic E-state index is 4.46. The summed E-state index contributed by atoms with van der Waals surface area (Å²) in [6.45, 7) is 6.27. The number of aromatic nitrogens is 4. The first kappa shape index (κ1) is 19.3. The lowest BCUT2D eigenvalue weighted by Gasteiger charge is -2.12. The van der Waals surface area contributed by atoms with E-state index in [1.54, 1.807) is 13.4 Å². The predicted molar refractivity (Wildman–Crippen MR) is 102 cm³/mol. The number of hydrogen-bond acceptors (Lipinski definition) is 4. The Balaban J connectivity index is 0.00000264. The van der Waals surface area contributed by atoms with Crippen LogP contribution in [-0.4, -0.2) is 39.3 Å². The summed E-state index contributed by atoms with van der Waals surface area (Å²) < 4.78 is 2.04. The molecule has 0 bridgehead atoms. The zero-order chi connectivity index (χ0) is 15.8. The van der Waals surface area contributed by atoms with Crippen LogP contribution in [0, 0.1) is 6.92 Å². The van der Waals surface area contributed by atoms with E-state index < -0.39 is 0 Å². The van der Waals surface area contributed by atoms with Crippen LogP contribution in [0.3, 0.4) is 0 Å². The van der Waals surface area contributed by atoms with Crippen molar-refractivity contribution in [2.45, 2.75) is 33.4 Å². The Labute approximate surface area is 154 Å². The van der Waals surface area contributed by atoms with Gasteiger partial charge in [0.1, 0.15) is 12.2 Å². The maximum Gasteiger partial charge on any atom is 0.191 e. The van der Waals surface area contributed by atoms with Gasteiger partial charge in [0.25, 0.3) is 0 Å². The van der Waals surface area contributed by atoms with Crippen LogP contribution in [0.5, 0.6) is 0 Å². The highest BCUT2D eigenvalue weighted by atomic mass is 127. The van der Waals surface area contributed by atoms with E-state index in [0.29, 0.717) is 6.54 Å². The number of pyridine rings is 1. The lowest BCUT2D eigenvalue weighted by molar-refractivity contribution is 0.632. The highest BCUT2D eigenvalue weighted by Crippen LogP contribution is 1.97. The highest BCUT2D eigenvalue weighted by molar-refractivity contribution is 14.0. The van der Waals surface area contributed by atoms with E-state index in [-0.39, 0.29) is 24.0 Å². The molecule has 2 rings (SSSR count). The molecule has 0 aliphatic rings. The van der Waals surface area contributed by atoms with Gasteiger partial charge in [-0.1, -0.05) is 13.0 Å². The highest BCUT2D eigenvalue weighted by Gasteiger charge is 2.02. The predicted octanol–water partition coefficient (Wildman–Crippen LogP) is 1.53. The molecule has 0 unspecified atom stereocenters. The molecule has 0 radical (unpaired) electrons. The van der Waals surface area contributed by atoms with E-state index in [1.807, 2.05) is 29.7 Å². The smallest absolute Gasteiger partial charge is 0.191 e. The summed E-state index contributed by atoms with van der Waals surface area (Å²) in [5.41, 5.74) is 2.01. The third-order valence-corrected chi connectivity index (χ3v) is 3.26. The molecule has 0 saturated carbocycles. The molecule has 0 aliphatic carbocycles. The van der Waals surface area contributed by atoms with Gasteiger partial charge in [-0.3, -0.25) is 9.98 Å².